The summed E-state index contributed by atoms with van der Waals surface area (Å²) in [7, 11) is 0. The van der Waals surface area contributed by atoms with Gasteiger partial charge in [-0.05, 0) is 48.5 Å². The van der Waals surface area contributed by atoms with Crippen molar-refractivity contribution in [2.24, 2.45) is 0 Å². The molecule has 1 heterocycles. The third kappa shape index (κ3) is 4.91. The van der Waals surface area contributed by atoms with E-state index in [1.165, 1.54) is 11.9 Å². The van der Waals surface area contributed by atoms with Crippen molar-refractivity contribution in [3.63, 3.8) is 0 Å². The van der Waals surface area contributed by atoms with Crippen molar-refractivity contribution in [1.29, 1.82) is 0 Å². The van der Waals surface area contributed by atoms with Crippen molar-refractivity contribution in [1.82, 2.24) is 9.03 Å². The second-order valence-corrected chi connectivity index (χ2v) is 8.90. The van der Waals surface area contributed by atoms with Crippen molar-refractivity contribution in [3.05, 3.63) is 44.8 Å². The predicted molar refractivity (Wildman–Crippen MR) is 110 cm³/mol. The summed E-state index contributed by atoms with van der Waals surface area (Å²) >= 11 is 18.9. The third-order valence-electron chi connectivity index (χ3n) is 3.47. The van der Waals surface area contributed by atoms with Crippen LogP contribution in [-0.2, 0) is 0 Å². The zero-order valence-corrected chi connectivity index (χ0v) is 17.9. The number of phenolic OH excluding ortho intramolecular Hbond substituents is 1. The molecule has 0 amide bonds. The van der Waals surface area contributed by atoms with Gasteiger partial charge in [-0.1, -0.05) is 51.1 Å². The van der Waals surface area contributed by atoms with Crippen molar-refractivity contribution >= 4 is 63.0 Å². The lowest BCUT2D eigenvalue weighted by Crippen LogP contribution is -2.52. The Kier molecular flexibility index (Phi) is 6.71. The molecule has 1 saturated heterocycles. The molecule has 2 aromatic rings. The Morgan fingerprint density at radius 2 is 1.92 bits per heavy atom. The number of ether oxygens (including phenoxy) is 1. The van der Waals surface area contributed by atoms with E-state index in [2.05, 4.69) is 25.0 Å². The van der Waals surface area contributed by atoms with Crippen LogP contribution < -0.4 is 9.46 Å². The first-order chi connectivity index (χ1) is 12.0. The molecule has 0 atom stereocenters. The van der Waals surface area contributed by atoms with Gasteiger partial charge in [0, 0.05) is 23.6 Å². The fourth-order valence-electron chi connectivity index (χ4n) is 2.27. The zero-order chi connectivity index (χ0) is 18.0. The van der Waals surface area contributed by atoms with Crippen LogP contribution in [0.4, 0.5) is 0 Å². The van der Waals surface area contributed by atoms with Crippen LogP contribution in [-0.4, -0.2) is 34.8 Å². The molecule has 1 fully saturated rings. The number of halogens is 3. The molecule has 134 valence electrons. The van der Waals surface area contributed by atoms with E-state index in [1.54, 1.807) is 42.3 Å². The summed E-state index contributed by atoms with van der Waals surface area (Å²) < 4.78 is 12.1. The normalized spacial score (nSPS) is 15.2. The second kappa shape index (κ2) is 8.61. The lowest BCUT2D eigenvalue weighted by Gasteiger charge is -2.37. The van der Waals surface area contributed by atoms with Gasteiger partial charge in [0.05, 0.1) is 14.9 Å². The van der Waals surface area contributed by atoms with E-state index in [4.69, 9.17) is 27.9 Å². The molecule has 0 unspecified atom stereocenters. The monoisotopic (exact) mass is 480 g/mol. The second-order valence-electron chi connectivity index (χ2n) is 5.39. The molecule has 4 nitrogen and oxygen atoms in total. The number of phenols is 1. The molecule has 25 heavy (non-hydrogen) atoms. The van der Waals surface area contributed by atoms with Crippen LogP contribution in [0.2, 0.25) is 10.0 Å². The Morgan fingerprint density at radius 1 is 1.24 bits per heavy atom. The maximum Gasteiger partial charge on any atom is 0.164 e. The summed E-state index contributed by atoms with van der Waals surface area (Å²) in [4.78, 5) is 0.726. The smallest absolute Gasteiger partial charge is 0.164 e. The van der Waals surface area contributed by atoms with E-state index in [1.807, 2.05) is 6.26 Å². The molecule has 2 aromatic carbocycles. The zero-order valence-electron chi connectivity index (χ0n) is 13.1. The minimum atomic E-state index is 0.214. The summed E-state index contributed by atoms with van der Waals surface area (Å²) in [5, 5.41) is 10.9. The highest BCUT2D eigenvalue weighted by molar-refractivity contribution is 9.10. The summed E-state index contributed by atoms with van der Waals surface area (Å²) in [5.74, 6) is 1.17. The van der Waals surface area contributed by atoms with Gasteiger partial charge in [0.1, 0.15) is 11.5 Å². The third-order valence-corrected chi connectivity index (χ3v) is 6.14. The molecular weight excluding hydrogens is 467 g/mol. The molecular formula is C16H15BrCl2N2O2S2. The Bertz CT molecular complexity index is 753. The molecule has 0 radical (unpaired) electrons. The molecule has 0 spiro atoms. The molecule has 0 aromatic heterocycles. The van der Waals surface area contributed by atoms with Crippen LogP contribution in [0.3, 0.4) is 0 Å². The molecule has 1 aliphatic heterocycles. The van der Waals surface area contributed by atoms with Crippen molar-refractivity contribution < 1.29 is 9.84 Å². The molecule has 3 rings (SSSR count). The van der Waals surface area contributed by atoms with Crippen LogP contribution >= 0.6 is 63.0 Å². The Labute approximate surface area is 173 Å². The van der Waals surface area contributed by atoms with E-state index in [0.29, 0.717) is 27.6 Å². The quantitative estimate of drug-likeness (QED) is 0.507. The maximum absolute atomic E-state index is 10.1. The van der Waals surface area contributed by atoms with Crippen molar-refractivity contribution in [2.75, 3.05) is 19.3 Å². The Hall–Kier alpha value is -0.280. The molecule has 0 saturated carbocycles. The van der Waals surface area contributed by atoms with Gasteiger partial charge in [-0.15, -0.1) is 0 Å². The first kappa shape index (κ1) is 19.5. The number of nitrogens with one attached hydrogen (secondary N) is 1. The topological polar surface area (TPSA) is 44.7 Å². The van der Waals surface area contributed by atoms with Gasteiger partial charge in [0.2, 0.25) is 0 Å². The molecule has 0 aliphatic carbocycles. The van der Waals surface area contributed by atoms with Gasteiger partial charge < -0.3 is 9.84 Å². The molecule has 9 heteroatoms. The minimum absolute atomic E-state index is 0.214. The average Bonchev–Trinajstić information content (AvgIpc) is 2.51. The van der Waals surface area contributed by atoms with Crippen molar-refractivity contribution in [2.45, 2.75) is 10.9 Å². The Balaban J connectivity index is 1.72. The number of hydrogen-bond donors (Lipinski definition) is 2. The summed E-state index contributed by atoms with van der Waals surface area (Å²) in [6.45, 7) is 1.83. The van der Waals surface area contributed by atoms with E-state index >= 15 is 0 Å². The van der Waals surface area contributed by atoms with Crippen LogP contribution in [0.1, 0.15) is 0 Å². The number of aromatic hydroxyl groups is 1. The van der Waals surface area contributed by atoms with E-state index in [9.17, 15) is 5.11 Å². The lowest BCUT2D eigenvalue weighted by atomic mass is 10.2. The van der Waals surface area contributed by atoms with Gasteiger partial charge in [-0.3, -0.25) is 4.72 Å². The number of nitrogens with zero attached hydrogens (tertiary/aromatic N) is 1. The standard InChI is InChI=1S/C16H15BrCl2N2O2S2/c1-24-20-10-7-21(8-10)25-15-6-11(2-3-14(15)22)23-16-12(18)4-9(17)5-13(16)19/h2-6,10,20,22H,7-8H2,1H3. The number of rotatable bonds is 6. The Morgan fingerprint density at radius 3 is 2.56 bits per heavy atom. The SMILES string of the molecule is CSNC1CN(Sc2cc(Oc3c(Cl)cc(Br)cc3Cl)ccc2O)C1. The van der Waals surface area contributed by atoms with Gasteiger partial charge in [-0.2, -0.15) is 0 Å². The highest BCUT2D eigenvalue weighted by Crippen LogP contribution is 2.41. The fourth-order valence-corrected chi connectivity index (χ4v) is 5.15. The molecule has 2 N–H and O–H groups in total. The largest absolute Gasteiger partial charge is 0.507 e. The van der Waals surface area contributed by atoms with Crippen LogP contribution in [0.15, 0.2) is 39.7 Å². The van der Waals surface area contributed by atoms with Crippen LogP contribution in [0.25, 0.3) is 0 Å². The molecule has 0 bridgehead atoms. The summed E-state index contributed by atoms with van der Waals surface area (Å²) in [6, 6.07) is 8.99. The van der Waals surface area contributed by atoms with Gasteiger partial charge in [0.15, 0.2) is 5.75 Å². The maximum atomic E-state index is 10.1. The number of hydrogen-bond acceptors (Lipinski definition) is 6. The van der Waals surface area contributed by atoms with Gasteiger partial charge >= 0.3 is 0 Å². The first-order valence-corrected chi connectivity index (χ1v) is 10.9. The highest BCUT2D eigenvalue weighted by atomic mass is 79.9. The van der Waals surface area contributed by atoms with E-state index in [-0.39, 0.29) is 5.75 Å². The first-order valence-electron chi connectivity index (χ1n) is 7.33. The fraction of sp³-hybridized carbons (Fsp3) is 0.250. The summed E-state index contributed by atoms with van der Waals surface area (Å²) in [6.07, 6.45) is 2.01. The summed E-state index contributed by atoms with van der Waals surface area (Å²) in [5.41, 5.74) is 0. The van der Waals surface area contributed by atoms with Crippen LogP contribution in [0.5, 0.6) is 17.2 Å². The lowest BCUT2D eigenvalue weighted by molar-refractivity contribution is 0.278. The van der Waals surface area contributed by atoms with Crippen molar-refractivity contribution in [3.8, 4) is 17.2 Å². The predicted octanol–water partition coefficient (Wildman–Crippen LogP) is 5.81. The van der Waals surface area contributed by atoms with E-state index < -0.39 is 0 Å². The van der Waals surface area contributed by atoms with E-state index in [0.717, 1.165) is 22.5 Å². The molecule has 1 aliphatic rings. The van der Waals surface area contributed by atoms with Gasteiger partial charge in [0.25, 0.3) is 0 Å². The average molecular weight is 482 g/mol. The highest BCUT2D eigenvalue weighted by Gasteiger charge is 2.27. The number of benzene rings is 2. The van der Waals surface area contributed by atoms with Gasteiger partial charge in [-0.25, -0.2) is 4.31 Å². The van der Waals surface area contributed by atoms with Crippen LogP contribution in [0, 0.1) is 0 Å². The minimum Gasteiger partial charge on any atom is -0.507 e.